The molecule has 0 aliphatic carbocycles. The number of benzene rings is 2. The topological polar surface area (TPSA) is 27.7 Å². The summed E-state index contributed by atoms with van der Waals surface area (Å²) in [6.07, 6.45) is 0. The van der Waals surface area contributed by atoms with E-state index in [0.717, 1.165) is 43.3 Å². The van der Waals surface area contributed by atoms with E-state index in [2.05, 4.69) is 21.2 Å². The number of nitrogens with zero attached hydrogens (tertiary/aromatic N) is 2. The first-order valence-electron chi connectivity index (χ1n) is 7.97. The second-order valence-corrected chi connectivity index (χ2v) is 6.93. The Morgan fingerprint density at radius 3 is 2.52 bits per heavy atom. The molecule has 25 heavy (non-hydrogen) atoms. The summed E-state index contributed by atoms with van der Waals surface area (Å²) in [5.41, 5.74) is 1.84. The molecular weight excluding hydrogens is 377 g/mol. The lowest BCUT2D eigenvalue weighted by molar-refractivity contribution is 0.382. The first-order chi connectivity index (χ1) is 12.1. The highest BCUT2D eigenvalue weighted by atomic mass is 35.5. The van der Waals surface area contributed by atoms with Crippen LogP contribution in [0.2, 0.25) is 10.0 Å². The van der Waals surface area contributed by atoms with Crippen LogP contribution >= 0.6 is 35.4 Å². The van der Waals surface area contributed by atoms with Gasteiger partial charge in [0.2, 0.25) is 0 Å². The Bertz CT molecular complexity index is 764. The van der Waals surface area contributed by atoms with Gasteiger partial charge in [-0.1, -0.05) is 35.3 Å². The van der Waals surface area contributed by atoms with Crippen molar-refractivity contribution in [3.63, 3.8) is 0 Å². The standard InChI is InChI=1S/C18H19Cl2N3OS/c1-24-17-5-3-2-4-16(17)22-8-10-23(11-9-22)18(25)21-15-12-13(19)6-7-14(15)20/h2-7,12H,8-11H2,1H3,(H,21,25). The van der Waals surface area contributed by atoms with Gasteiger partial charge in [-0.2, -0.15) is 0 Å². The Labute approximate surface area is 163 Å². The lowest BCUT2D eigenvalue weighted by Gasteiger charge is -2.37. The molecule has 2 aromatic rings. The van der Waals surface area contributed by atoms with Gasteiger partial charge in [0.25, 0.3) is 0 Å². The quantitative estimate of drug-likeness (QED) is 0.771. The number of rotatable bonds is 3. The van der Waals surface area contributed by atoms with Crippen LogP contribution < -0.4 is 15.0 Å². The smallest absolute Gasteiger partial charge is 0.173 e. The largest absolute Gasteiger partial charge is 0.495 e. The molecule has 0 spiro atoms. The van der Waals surface area contributed by atoms with Gasteiger partial charge in [0.1, 0.15) is 5.75 Å². The SMILES string of the molecule is COc1ccccc1N1CCN(C(=S)Nc2cc(Cl)ccc2Cl)CC1. The fraction of sp³-hybridized carbons (Fsp3) is 0.278. The Hall–Kier alpha value is -1.69. The molecule has 4 nitrogen and oxygen atoms in total. The number of ether oxygens (including phenoxy) is 1. The molecule has 7 heteroatoms. The fourth-order valence-corrected chi connectivity index (χ4v) is 3.46. The third kappa shape index (κ3) is 4.29. The zero-order valence-corrected chi connectivity index (χ0v) is 16.2. The summed E-state index contributed by atoms with van der Waals surface area (Å²) in [6, 6.07) is 13.4. The molecule has 0 atom stereocenters. The van der Waals surface area contributed by atoms with Crippen LogP contribution in [0.1, 0.15) is 0 Å². The maximum absolute atomic E-state index is 6.19. The summed E-state index contributed by atoms with van der Waals surface area (Å²) in [5.74, 6) is 0.891. The van der Waals surface area contributed by atoms with Crippen molar-refractivity contribution in [1.82, 2.24) is 4.90 Å². The molecule has 1 saturated heterocycles. The number of piperazine rings is 1. The van der Waals surface area contributed by atoms with Gasteiger partial charge in [-0.05, 0) is 42.5 Å². The first kappa shape index (κ1) is 18.1. The molecular formula is C18H19Cl2N3OS. The third-order valence-electron chi connectivity index (χ3n) is 4.16. The van der Waals surface area contributed by atoms with Crippen molar-refractivity contribution < 1.29 is 4.74 Å². The van der Waals surface area contributed by atoms with E-state index >= 15 is 0 Å². The van der Waals surface area contributed by atoms with Crippen LogP contribution in [0.4, 0.5) is 11.4 Å². The highest BCUT2D eigenvalue weighted by Crippen LogP contribution is 2.29. The van der Waals surface area contributed by atoms with E-state index in [-0.39, 0.29) is 0 Å². The summed E-state index contributed by atoms with van der Waals surface area (Å²) in [4.78, 5) is 4.45. The number of halogens is 2. The van der Waals surface area contributed by atoms with Crippen LogP contribution in [-0.4, -0.2) is 43.3 Å². The van der Waals surface area contributed by atoms with E-state index < -0.39 is 0 Å². The molecule has 0 saturated carbocycles. The second-order valence-electron chi connectivity index (χ2n) is 5.70. The molecule has 0 bridgehead atoms. The molecule has 1 heterocycles. The summed E-state index contributed by atoms with van der Waals surface area (Å²) < 4.78 is 5.46. The van der Waals surface area contributed by atoms with E-state index in [4.69, 9.17) is 40.2 Å². The average Bonchev–Trinajstić information content (AvgIpc) is 2.64. The van der Waals surface area contributed by atoms with Crippen molar-refractivity contribution in [1.29, 1.82) is 0 Å². The average molecular weight is 396 g/mol. The van der Waals surface area contributed by atoms with Gasteiger partial charge >= 0.3 is 0 Å². The van der Waals surface area contributed by atoms with E-state index in [1.807, 2.05) is 18.2 Å². The molecule has 3 rings (SSSR count). The van der Waals surface area contributed by atoms with Crippen LogP contribution in [0.5, 0.6) is 5.75 Å². The van der Waals surface area contributed by atoms with Gasteiger partial charge in [0.05, 0.1) is 23.5 Å². The van der Waals surface area contributed by atoms with Crippen LogP contribution in [-0.2, 0) is 0 Å². The summed E-state index contributed by atoms with van der Waals surface area (Å²) >= 11 is 17.8. The highest BCUT2D eigenvalue weighted by Gasteiger charge is 2.21. The predicted molar refractivity (Wildman–Crippen MR) is 109 cm³/mol. The lowest BCUT2D eigenvalue weighted by Crippen LogP contribution is -2.50. The summed E-state index contributed by atoms with van der Waals surface area (Å²) in [5, 5.41) is 5.07. The van der Waals surface area contributed by atoms with Gasteiger partial charge in [-0.25, -0.2) is 0 Å². The highest BCUT2D eigenvalue weighted by molar-refractivity contribution is 7.80. The van der Waals surface area contributed by atoms with Crippen molar-refractivity contribution >= 4 is 51.9 Å². The van der Waals surface area contributed by atoms with E-state index in [1.165, 1.54) is 0 Å². The molecule has 2 aromatic carbocycles. The number of methoxy groups -OCH3 is 1. The minimum absolute atomic E-state index is 0.597. The van der Waals surface area contributed by atoms with Crippen LogP contribution in [0, 0.1) is 0 Å². The molecule has 1 fully saturated rings. The zero-order chi connectivity index (χ0) is 17.8. The first-order valence-corrected chi connectivity index (χ1v) is 9.14. The van der Waals surface area contributed by atoms with Gasteiger partial charge in [-0.15, -0.1) is 0 Å². The number of anilines is 2. The van der Waals surface area contributed by atoms with Crippen molar-refractivity contribution in [3.8, 4) is 5.75 Å². The van der Waals surface area contributed by atoms with Crippen LogP contribution in [0.25, 0.3) is 0 Å². The van der Waals surface area contributed by atoms with Crippen molar-refractivity contribution in [2.75, 3.05) is 43.5 Å². The van der Waals surface area contributed by atoms with Gasteiger partial charge < -0.3 is 19.9 Å². The van der Waals surface area contributed by atoms with Gasteiger partial charge in [-0.3, -0.25) is 0 Å². The Morgan fingerprint density at radius 2 is 1.80 bits per heavy atom. The van der Waals surface area contributed by atoms with E-state index in [9.17, 15) is 0 Å². The lowest BCUT2D eigenvalue weighted by atomic mass is 10.2. The molecule has 1 aliphatic rings. The number of thiocarbonyl (C=S) groups is 1. The maximum Gasteiger partial charge on any atom is 0.173 e. The van der Waals surface area contributed by atoms with Crippen LogP contribution in [0.15, 0.2) is 42.5 Å². The zero-order valence-electron chi connectivity index (χ0n) is 13.8. The minimum Gasteiger partial charge on any atom is -0.495 e. The van der Waals surface area contributed by atoms with E-state index in [1.54, 1.807) is 25.3 Å². The monoisotopic (exact) mass is 395 g/mol. The van der Waals surface area contributed by atoms with Crippen molar-refractivity contribution in [3.05, 3.63) is 52.5 Å². The van der Waals surface area contributed by atoms with Gasteiger partial charge in [0.15, 0.2) is 5.11 Å². The molecule has 0 amide bonds. The Morgan fingerprint density at radius 1 is 1.08 bits per heavy atom. The van der Waals surface area contributed by atoms with E-state index in [0.29, 0.717) is 15.2 Å². The summed E-state index contributed by atoms with van der Waals surface area (Å²) in [6.45, 7) is 3.38. The van der Waals surface area contributed by atoms with Crippen molar-refractivity contribution in [2.45, 2.75) is 0 Å². The molecule has 132 valence electrons. The number of hydrogen-bond acceptors (Lipinski definition) is 3. The van der Waals surface area contributed by atoms with Crippen molar-refractivity contribution in [2.24, 2.45) is 0 Å². The Balaban J connectivity index is 1.62. The normalized spacial score (nSPS) is 14.4. The molecule has 0 aromatic heterocycles. The van der Waals surface area contributed by atoms with Gasteiger partial charge in [0, 0.05) is 31.2 Å². The number of nitrogens with one attached hydrogen (secondary N) is 1. The maximum atomic E-state index is 6.19. The number of para-hydroxylation sites is 2. The van der Waals surface area contributed by atoms with Crippen LogP contribution in [0.3, 0.4) is 0 Å². The predicted octanol–water partition coefficient (Wildman–Crippen LogP) is 4.52. The molecule has 1 N–H and O–H groups in total. The Kier molecular flexibility index (Phi) is 5.89. The molecule has 0 radical (unpaired) electrons. The number of hydrogen-bond donors (Lipinski definition) is 1. The minimum atomic E-state index is 0.597. The molecule has 0 unspecified atom stereocenters. The second kappa shape index (κ2) is 8.13. The summed E-state index contributed by atoms with van der Waals surface area (Å²) in [7, 11) is 1.70. The third-order valence-corrected chi connectivity index (χ3v) is 5.09. The fourth-order valence-electron chi connectivity index (χ4n) is 2.83. The molecule has 1 aliphatic heterocycles.